The third-order valence-corrected chi connectivity index (χ3v) is 2.39. The fourth-order valence-electron chi connectivity index (χ4n) is 1.52. The Morgan fingerprint density at radius 1 is 1.50 bits per heavy atom. The summed E-state index contributed by atoms with van der Waals surface area (Å²) in [6.45, 7) is 1.81. The Morgan fingerprint density at radius 2 is 2.12 bits per heavy atom. The second-order valence-corrected chi connectivity index (χ2v) is 3.51. The summed E-state index contributed by atoms with van der Waals surface area (Å²) in [6.07, 6.45) is -1.28. The number of aliphatic hydroxyl groups is 1. The van der Waals surface area contributed by atoms with Gasteiger partial charge in [0.1, 0.15) is 17.9 Å². The van der Waals surface area contributed by atoms with E-state index in [9.17, 15) is 9.90 Å². The number of carboxylic acids is 1. The van der Waals surface area contributed by atoms with Gasteiger partial charge in [0.2, 0.25) is 0 Å². The molecule has 0 aliphatic rings. The zero-order valence-electron chi connectivity index (χ0n) is 9.18. The van der Waals surface area contributed by atoms with Crippen molar-refractivity contribution in [3.05, 3.63) is 29.3 Å². The zero-order valence-corrected chi connectivity index (χ0v) is 9.18. The molecule has 0 bridgehead atoms. The Hall–Kier alpha value is -1.59. The minimum atomic E-state index is -1.37. The van der Waals surface area contributed by atoms with Crippen molar-refractivity contribution in [1.29, 1.82) is 0 Å². The van der Waals surface area contributed by atoms with Crippen LogP contribution in [-0.4, -0.2) is 29.3 Å². The molecule has 2 unspecified atom stereocenters. The first-order valence-electron chi connectivity index (χ1n) is 4.79. The maximum Gasteiger partial charge on any atom is 0.323 e. The molecule has 0 radical (unpaired) electrons. The molecule has 1 rings (SSSR count). The molecule has 1 aromatic rings. The van der Waals surface area contributed by atoms with Gasteiger partial charge in [-0.2, -0.15) is 0 Å². The van der Waals surface area contributed by atoms with Crippen molar-refractivity contribution in [1.82, 2.24) is 0 Å². The molecular weight excluding hydrogens is 210 g/mol. The molecule has 0 aliphatic carbocycles. The van der Waals surface area contributed by atoms with Gasteiger partial charge < -0.3 is 20.7 Å². The topological polar surface area (TPSA) is 92.8 Å². The van der Waals surface area contributed by atoms with E-state index >= 15 is 0 Å². The van der Waals surface area contributed by atoms with Crippen molar-refractivity contribution in [2.75, 3.05) is 7.11 Å². The Morgan fingerprint density at radius 3 is 2.62 bits per heavy atom. The number of para-hydroxylation sites is 1. The van der Waals surface area contributed by atoms with Gasteiger partial charge >= 0.3 is 5.97 Å². The van der Waals surface area contributed by atoms with Gasteiger partial charge in [-0.05, 0) is 12.5 Å². The molecule has 5 nitrogen and oxygen atoms in total. The highest BCUT2D eigenvalue weighted by Gasteiger charge is 2.26. The molecule has 0 aromatic heterocycles. The molecule has 88 valence electrons. The molecule has 4 N–H and O–H groups in total. The normalized spacial score (nSPS) is 14.2. The maximum atomic E-state index is 10.7. The molecule has 0 aliphatic heterocycles. The lowest BCUT2D eigenvalue weighted by atomic mass is 9.99. The molecular formula is C11H15NO4. The standard InChI is InChI=1S/C11H15NO4/c1-6-4-3-5-7(10(6)16-2)9(13)8(12)11(14)15/h3-5,8-9,13H,12H2,1-2H3,(H,14,15). The van der Waals surface area contributed by atoms with Crippen LogP contribution in [0.25, 0.3) is 0 Å². The van der Waals surface area contributed by atoms with E-state index in [-0.39, 0.29) is 0 Å². The summed E-state index contributed by atoms with van der Waals surface area (Å²) in [5.74, 6) is -0.789. The van der Waals surface area contributed by atoms with Crippen molar-refractivity contribution in [3.63, 3.8) is 0 Å². The molecule has 16 heavy (non-hydrogen) atoms. The van der Waals surface area contributed by atoms with E-state index in [2.05, 4.69) is 0 Å². The SMILES string of the molecule is COc1c(C)cccc1C(O)C(N)C(=O)O. The van der Waals surface area contributed by atoms with Gasteiger partial charge in [0.15, 0.2) is 0 Å². The van der Waals surface area contributed by atoms with Crippen LogP contribution in [0, 0.1) is 6.92 Å². The minimum Gasteiger partial charge on any atom is -0.496 e. The highest BCUT2D eigenvalue weighted by atomic mass is 16.5. The van der Waals surface area contributed by atoms with Gasteiger partial charge in [-0.15, -0.1) is 0 Å². The van der Waals surface area contributed by atoms with E-state index in [1.165, 1.54) is 7.11 Å². The fourth-order valence-corrected chi connectivity index (χ4v) is 1.52. The number of rotatable bonds is 4. The lowest BCUT2D eigenvalue weighted by Crippen LogP contribution is -2.36. The van der Waals surface area contributed by atoms with Gasteiger partial charge in [-0.3, -0.25) is 4.79 Å². The molecule has 0 saturated carbocycles. The van der Waals surface area contributed by atoms with Crippen LogP contribution >= 0.6 is 0 Å². The summed E-state index contributed by atoms with van der Waals surface area (Å²) in [4.78, 5) is 10.7. The second-order valence-electron chi connectivity index (χ2n) is 3.51. The van der Waals surface area contributed by atoms with Crippen LogP contribution in [0.15, 0.2) is 18.2 Å². The highest BCUT2D eigenvalue weighted by molar-refractivity contribution is 5.74. The zero-order chi connectivity index (χ0) is 12.3. The van der Waals surface area contributed by atoms with Crippen LogP contribution in [0.3, 0.4) is 0 Å². The summed E-state index contributed by atoms with van der Waals surface area (Å²) >= 11 is 0. The predicted molar refractivity (Wildman–Crippen MR) is 58.3 cm³/mol. The monoisotopic (exact) mass is 225 g/mol. The van der Waals surface area contributed by atoms with Crippen molar-refractivity contribution < 1.29 is 19.7 Å². The van der Waals surface area contributed by atoms with Gasteiger partial charge in [-0.1, -0.05) is 18.2 Å². The second kappa shape index (κ2) is 4.96. The number of carbonyl (C=O) groups is 1. The lowest BCUT2D eigenvalue weighted by Gasteiger charge is -2.19. The Balaban J connectivity index is 3.12. The number of ether oxygens (including phenoxy) is 1. The van der Waals surface area contributed by atoms with E-state index in [4.69, 9.17) is 15.6 Å². The van der Waals surface area contributed by atoms with Gasteiger partial charge in [0.05, 0.1) is 7.11 Å². The third-order valence-electron chi connectivity index (χ3n) is 2.39. The summed E-state index contributed by atoms with van der Waals surface area (Å²) in [5.41, 5.74) is 6.56. The Kier molecular flexibility index (Phi) is 3.87. The molecule has 1 aromatic carbocycles. The Bertz CT molecular complexity index is 392. The minimum absolute atomic E-state index is 0.386. The lowest BCUT2D eigenvalue weighted by molar-refractivity contribution is -0.141. The van der Waals surface area contributed by atoms with Crippen molar-refractivity contribution in [3.8, 4) is 5.75 Å². The average molecular weight is 225 g/mol. The number of aliphatic carboxylic acids is 1. The van der Waals surface area contributed by atoms with E-state index in [0.29, 0.717) is 11.3 Å². The number of hydrogen-bond acceptors (Lipinski definition) is 4. The number of hydrogen-bond donors (Lipinski definition) is 3. The van der Waals surface area contributed by atoms with Crippen LogP contribution < -0.4 is 10.5 Å². The molecule has 0 fully saturated rings. The molecule has 0 amide bonds. The first kappa shape index (κ1) is 12.5. The number of methoxy groups -OCH3 is 1. The van der Waals surface area contributed by atoms with Gasteiger partial charge in [-0.25, -0.2) is 0 Å². The fraction of sp³-hybridized carbons (Fsp3) is 0.364. The van der Waals surface area contributed by atoms with Crippen molar-refractivity contribution >= 4 is 5.97 Å². The number of aliphatic hydroxyl groups excluding tert-OH is 1. The quantitative estimate of drug-likeness (QED) is 0.691. The molecule has 5 heteroatoms. The Labute approximate surface area is 93.5 Å². The van der Waals surface area contributed by atoms with Crippen molar-refractivity contribution in [2.45, 2.75) is 19.1 Å². The number of nitrogens with two attached hydrogens (primary N) is 1. The van der Waals surface area contributed by atoms with Gasteiger partial charge in [0.25, 0.3) is 0 Å². The molecule has 0 saturated heterocycles. The summed E-state index contributed by atoms with van der Waals surface area (Å²) in [6, 6.07) is 3.75. The van der Waals surface area contributed by atoms with Gasteiger partial charge in [0, 0.05) is 5.56 Å². The highest BCUT2D eigenvalue weighted by Crippen LogP contribution is 2.29. The first-order chi connectivity index (χ1) is 7.49. The van der Waals surface area contributed by atoms with Crippen LogP contribution in [0.1, 0.15) is 17.2 Å². The third kappa shape index (κ3) is 2.32. The summed E-state index contributed by atoms with van der Waals surface area (Å²) < 4.78 is 5.12. The molecule has 0 heterocycles. The van der Waals surface area contributed by atoms with E-state index in [1.54, 1.807) is 25.1 Å². The van der Waals surface area contributed by atoms with Crippen molar-refractivity contribution in [2.24, 2.45) is 5.73 Å². The summed E-state index contributed by atoms with van der Waals surface area (Å²) in [7, 11) is 1.46. The van der Waals surface area contributed by atoms with E-state index < -0.39 is 18.1 Å². The number of benzene rings is 1. The largest absolute Gasteiger partial charge is 0.496 e. The average Bonchev–Trinajstić information content (AvgIpc) is 2.26. The summed E-state index contributed by atoms with van der Waals surface area (Å²) in [5, 5.41) is 18.5. The maximum absolute atomic E-state index is 10.7. The first-order valence-corrected chi connectivity index (χ1v) is 4.79. The van der Waals surface area contributed by atoms with Crippen LogP contribution in [0.4, 0.5) is 0 Å². The number of carboxylic acid groups (broad SMARTS) is 1. The smallest absolute Gasteiger partial charge is 0.323 e. The number of aryl methyl sites for hydroxylation is 1. The molecule has 0 spiro atoms. The molecule has 2 atom stereocenters. The predicted octanol–water partition coefficient (Wildman–Crippen LogP) is 0.449. The van der Waals surface area contributed by atoms with Crippen LogP contribution in [0.5, 0.6) is 5.75 Å². The van der Waals surface area contributed by atoms with Crippen LogP contribution in [-0.2, 0) is 4.79 Å². The van der Waals surface area contributed by atoms with E-state index in [1.807, 2.05) is 0 Å². The van der Waals surface area contributed by atoms with Crippen LogP contribution in [0.2, 0.25) is 0 Å². The van der Waals surface area contributed by atoms with E-state index in [0.717, 1.165) is 5.56 Å².